The molecule has 6 heteroatoms. The van der Waals surface area contributed by atoms with Gasteiger partial charge in [0.05, 0.1) is 0 Å². The van der Waals surface area contributed by atoms with E-state index in [0.29, 0.717) is 11.8 Å². The summed E-state index contributed by atoms with van der Waals surface area (Å²) >= 11 is 0. The van der Waals surface area contributed by atoms with Gasteiger partial charge in [-0.15, -0.1) is 0 Å². The molecule has 1 aliphatic rings. The lowest BCUT2D eigenvalue weighted by atomic mass is 9.92. The average molecular weight is 316 g/mol. The predicted octanol–water partition coefficient (Wildman–Crippen LogP) is 2.47. The van der Waals surface area contributed by atoms with Crippen molar-refractivity contribution in [2.75, 3.05) is 25.0 Å². The van der Waals surface area contributed by atoms with Gasteiger partial charge in [-0.25, -0.2) is 4.98 Å². The van der Waals surface area contributed by atoms with Gasteiger partial charge in [-0.3, -0.25) is 0 Å². The number of nitrogens with zero attached hydrogens (tertiary/aromatic N) is 5. The number of fused-ring (bicyclic) bond motifs is 1. The summed E-state index contributed by atoms with van der Waals surface area (Å²) < 4.78 is 1.79. The summed E-state index contributed by atoms with van der Waals surface area (Å²) in [6.07, 6.45) is 3.81. The van der Waals surface area contributed by atoms with E-state index >= 15 is 0 Å². The van der Waals surface area contributed by atoms with Crippen LogP contribution in [-0.2, 0) is 6.42 Å². The Morgan fingerprint density at radius 1 is 1.30 bits per heavy atom. The minimum Gasteiger partial charge on any atom is -0.366 e. The van der Waals surface area contributed by atoms with Gasteiger partial charge >= 0.3 is 0 Å². The maximum absolute atomic E-state index is 4.50. The van der Waals surface area contributed by atoms with Crippen molar-refractivity contribution in [2.45, 2.75) is 46.6 Å². The van der Waals surface area contributed by atoms with Crippen LogP contribution in [0.5, 0.6) is 0 Å². The first kappa shape index (κ1) is 16.2. The molecule has 2 aromatic rings. The largest absolute Gasteiger partial charge is 0.366 e. The van der Waals surface area contributed by atoms with E-state index in [1.165, 1.54) is 19.5 Å². The van der Waals surface area contributed by atoms with Crippen LogP contribution < -0.4 is 5.32 Å². The molecule has 0 spiro atoms. The summed E-state index contributed by atoms with van der Waals surface area (Å²) in [7, 11) is 0. The highest BCUT2D eigenvalue weighted by atomic mass is 15.4. The van der Waals surface area contributed by atoms with Crippen LogP contribution in [0.1, 0.15) is 39.8 Å². The first-order valence-corrected chi connectivity index (χ1v) is 8.73. The monoisotopic (exact) mass is 316 g/mol. The standard InChI is InChI=1S/C17H28N6/c1-5-15-7-16(23-17(21-15)18-11-19-23)20-14(4)10-22-8-12(2)6-13(3)9-22/h7,11-14,20H,5-6,8-10H2,1-4H3. The topological polar surface area (TPSA) is 58.4 Å². The molecule has 2 aromatic heterocycles. The third-order valence-electron chi connectivity index (χ3n) is 4.54. The quantitative estimate of drug-likeness (QED) is 0.918. The van der Waals surface area contributed by atoms with Gasteiger partial charge in [-0.2, -0.15) is 14.6 Å². The molecule has 1 fully saturated rings. The zero-order valence-electron chi connectivity index (χ0n) is 14.7. The van der Waals surface area contributed by atoms with Crippen LogP contribution in [0.25, 0.3) is 5.78 Å². The number of piperidine rings is 1. The van der Waals surface area contributed by atoms with Gasteiger partial charge in [-0.05, 0) is 31.6 Å². The van der Waals surface area contributed by atoms with Crippen LogP contribution in [0.4, 0.5) is 5.82 Å². The first-order valence-electron chi connectivity index (χ1n) is 8.73. The van der Waals surface area contributed by atoms with E-state index in [2.05, 4.69) is 59.0 Å². The van der Waals surface area contributed by atoms with Crippen molar-refractivity contribution in [1.82, 2.24) is 24.5 Å². The number of aryl methyl sites for hydroxylation is 1. The van der Waals surface area contributed by atoms with Gasteiger partial charge in [0.15, 0.2) is 0 Å². The molecule has 3 atom stereocenters. The second-order valence-electron chi connectivity index (χ2n) is 7.17. The number of hydrogen-bond donors (Lipinski definition) is 1. The molecule has 0 aliphatic carbocycles. The Kier molecular flexibility index (Phi) is 4.80. The summed E-state index contributed by atoms with van der Waals surface area (Å²) in [4.78, 5) is 11.3. The highest BCUT2D eigenvalue weighted by molar-refractivity contribution is 5.45. The lowest BCUT2D eigenvalue weighted by Crippen LogP contribution is -2.43. The van der Waals surface area contributed by atoms with E-state index in [1.807, 2.05) is 0 Å². The number of anilines is 1. The summed E-state index contributed by atoms with van der Waals surface area (Å²) in [6, 6.07) is 2.44. The third-order valence-corrected chi connectivity index (χ3v) is 4.54. The molecule has 23 heavy (non-hydrogen) atoms. The molecule has 126 valence electrons. The molecule has 0 radical (unpaired) electrons. The lowest BCUT2D eigenvalue weighted by Gasteiger charge is -2.36. The Hall–Kier alpha value is -1.69. The van der Waals surface area contributed by atoms with Crippen LogP contribution in [0.3, 0.4) is 0 Å². The molecule has 1 N–H and O–H groups in total. The highest BCUT2D eigenvalue weighted by Gasteiger charge is 2.23. The Labute approximate surface area is 138 Å². The number of hydrogen-bond acceptors (Lipinski definition) is 5. The van der Waals surface area contributed by atoms with E-state index in [-0.39, 0.29) is 0 Å². The van der Waals surface area contributed by atoms with Crippen molar-refractivity contribution in [3.05, 3.63) is 18.1 Å². The van der Waals surface area contributed by atoms with E-state index in [1.54, 1.807) is 10.8 Å². The maximum Gasteiger partial charge on any atom is 0.254 e. The molecule has 1 saturated heterocycles. The van der Waals surface area contributed by atoms with Crippen molar-refractivity contribution >= 4 is 11.6 Å². The summed E-state index contributed by atoms with van der Waals surface area (Å²) in [5.74, 6) is 3.23. The molecule has 0 saturated carbocycles. The van der Waals surface area contributed by atoms with Crippen molar-refractivity contribution in [1.29, 1.82) is 0 Å². The second kappa shape index (κ2) is 6.83. The van der Waals surface area contributed by atoms with Crippen molar-refractivity contribution < 1.29 is 0 Å². The van der Waals surface area contributed by atoms with E-state index in [4.69, 9.17) is 0 Å². The molecule has 0 bridgehead atoms. The Morgan fingerprint density at radius 2 is 2.04 bits per heavy atom. The zero-order valence-corrected chi connectivity index (χ0v) is 14.7. The molecule has 1 aliphatic heterocycles. The van der Waals surface area contributed by atoms with Crippen LogP contribution in [0.2, 0.25) is 0 Å². The normalized spacial score (nSPS) is 24.0. The molecule has 3 unspecified atom stereocenters. The minimum absolute atomic E-state index is 0.354. The van der Waals surface area contributed by atoms with Gasteiger partial charge in [0.2, 0.25) is 0 Å². The van der Waals surface area contributed by atoms with E-state index < -0.39 is 0 Å². The van der Waals surface area contributed by atoms with Crippen molar-refractivity contribution in [2.24, 2.45) is 11.8 Å². The highest BCUT2D eigenvalue weighted by Crippen LogP contribution is 2.21. The van der Waals surface area contributed by atoms with E-state index in [9.17, 15) is 0 Å². The smallest absolute Gasteiger partial charge is 0.254 e. The third kappa shape index (κ3) is 3.80. The molecule has 3 heterocycles. The predicted molar refractivity (Wildman–Crippen MR) is 92.6 cm³/mol. The van der Waals surface area contributed by atoms with Crippen LogP contribution in [0, 0.1) is 11.8 Å². The molecular formula is C17H28N6. The second-order valence-corrected chi connectivity index (χ2v) is 7.17. The lowest BCUT2D eigenvalue weighted by molar-refractivity contribution is 0.138. The summed E-state index contributed by atoms with van der Waals surface area (Å²) in [5, 5.41) is 7.89. The fraction of sp³-hybridized carbons (Fsp3) is 0.706. The molecular weight excluding hydrogens is 288 g/mol. The fourth-order valence-corrected chi connectivity index (χ4v) is 3.77. The van der Waals surface area contributed by atoms with Gasteiger partial charge in [0.1, 0.15) is 12.1 Å². The fourth-order valence-electron chi connectivity index (χ4n) is 3.77. The Balaban J connectivity index is 1.70. The summed E-state index contributed by atoms with van der Waals surface area (Å²) in [6.45, 7) is 12.5. The molecule has 6 nitrogen and oxygen atoms in total. The van der Waals surface area contributed by atoms with Crippen LogP contribution in [0.15, 0.2) is 12.4 Å². The maximum atomic E-state index is 4.50. The van der Waals surface area contributed by atoms with Gasteiger partial charge < -0.3 is 10.2 Å². The molecule has 0 amide bonds. The average Bonchev–Trinajstić information content (AvgIpc) is 2.94. The van der Waals surface area contributed by atoms with E-state index in [0.717, 1.165) is 36.3 Å². The first-order chi connectivity index (χ1) is 11.0. The Morgan fingerprint density at radius 3 is 2.74 bits per heavy atom. The number of rotatable bonds is 5. The molecule has 0 aromatic carbocycles. The number of nitrogens with one attached hydrogen (secondary N) is 1. The van der Waals surface area contributed by atoms with Gasteiger partial charge in [0, 0.05) is 37.4 Å². The van der Waals surface area contributed by atoms with Gasteiger partial charge in [-0.1, -0.05) is 20.8 Å². The SMILES string of the molecule is CCc1cc(NC(C)CN2CC(C)CC(C)C2)n2ncnc2n1. The number of likely N-dealkylation sites (tertiary alicyclic amines) is 1. The van der Waals surface area contributed by atoms with Crippen molar-refractivity contribution in [3.8, 4) is 0 Å². The number of aromatic nitrogens is 4. The summed E-state index contributed by atoms with van der Waals surface area (Å²) in [5.41, 5.74) is 1.04. The Bertz CT molecular complexity index is 642. The molecule has 3 rings (SSSR count). The van der Waals surface area contributed by atoms with Crippen LogP contribution in [-0.4, -0.2) is 50.2 Å². The zero-order chi connectivity index (χ0) is 16.4. The minimum atomic E-state index is 0.354. The van der Waals surface area contributed by atoms with Crippen molar-refractivity contribution in [3.63, 3.8) is 0 Å². The van der Waals surface area contributed by atoms with Crippen LogP contribution >= 0.6 is 0 Å². The van der Waals surface area contributed by atoms with Gasteiger partial charge in [0.25, 0.3) is 5.78 Å².